The Bertz CT molecular complexity index is 860. The van der Waals surface area contributed by atoms with E-state index in [1.165, 1.54) is 11.8 Å². The number of hydrogen-bond donors (Lipinski definition) is 3. The highest BCUT2D eigenvalue weighted by atomic mass is 32.2. The molecule has 0 aliphatic rings. The predicted octanol–water partition coefficient (Wildman–Crippen LogP) is 3.83. The zero-order valence-electron chi connectivity index (χ0n) is 14.7. The molecular weight excluding hydrogens is 358 g/mol. The van der Waals surface area contributed by atoms with Crippen molar-refractivity contribution in [2.45, 2.75) is 10.8 Å². The molecule has 0 fully saturated rings. The Labute approximate surface area is 162 Å². The van der Waals surface area contributed by atoms with Crippen LogP contribution in [0, 0.1) is 0 Å². The lowest BCUT2D eigenvalue weighted by Crippen LogP contribution is -2.36. The molecule has 0 unspecified atom stereocenters. The van der Waals surface area contributed by atoms with Crippen molar-refractivity contribution < 1.29 is 15.0 Å². The normalized spacial score (nSPS) is 12.5. The van der Waals surface area contributed by atoms with Gasteiger partial charge in [-0.2, -0.15) is 0 Å². The number of nitrogens with two attached hydrogens (primary N) is 1. The number of carboxylic acids is 1. The van der Waals surface area contributed by atoms with Gasteiger partial charge in [0.15, 0.2) is 0 Å². The molecule has 0 aromatic heterocycles. The van der Waals surface area contributed by atoms with Crippen LogP contribution >= 0.6 is 11.8 Å². The first-order valence-corrected chi connectivity index (χ1v) is 9.55. The number of thioether (sulfide) groups is 1. The van der Waals surface area contributed by atoms with E-state index < -0.39 is 16.8 Å². The van der Waals surface area contributed by atoms with Gasteiger partial charge in [-0.1, -0.05) is 72.8 Å². The third-order valence-corrected chi connectivity index (χ3v) is 6.08. The number of hydrogen-bond acceptors (Lipinski definition) is 4. The molecule has 0 radical (unpaired) electrons. The van der Waals surface area contributed by atoms with Crippen LogP contribution in [0.3, 0.4) is 0 Å². The summed E-state index contributed by atoms with van der Waals surface area (Å²) in [5.41, 5.74) is 8.66. The molecule has 27 heavy (non-hydrogen) atoms. The average Bonchev–Trinajstić information content (AvgIpc) is 2.70. The fourth-order valence-electron chi connectivity index (χ4n) is 3.11. The Morgan fingerprint density at radius 2 is 1.41 bits per heavy atom. The minimum absolute atomic E-state index is 0.159. The second-order valence-electron chi connectivity index (χ2n) is 6.22. The van der Waals surface area contributed by atoms with Crippen LogP contribution < -0.4 is 5.73 Å². The van der Waals surface area contributed by atoms with Crippen molar-refractivity contribution in [1.82, 2.24) is 0 Å². The summed E-state index contributed by atoms with van der Waals surface area (Å²) in [4.78, 5) is 11.3. The number of rotatable bonds is 7. The largest absolute Gasteiger partial charge is 0.508 e. The molecule has 0 saturated carbocycles. The molecule has 0 amide bonds. The third-order valence-electron chi connectivity index (χ3n) is 4.41. The Kier molecular flexibility index (Phi) is 5.84. The molecular formula is C22H21NO3S. The van der Waals surface area contributed by atoms with Crippen molar-refractivity contribution in [1.29, 1.82) is 0 Å². The van der Waals surface area contributed by atoms with E-state index in [1.807, 2.05) is 66.7 Å². The second kappa shape index (κ2) is 8.29. The molecule has 5 heteroatoms. The second-order valence-corrected chi connectivity index (χ2v) is 7.45. The number of carboxylic acid groups (broad SMARTS) is 1. The zero-order chi connectivity index (χ0) is 19.3. The van der Waals surface area contributed by atoms with Gasteiger partial charge in [0.2, 0.25) is 0 Å². The van der Waals surface area contributed by atoms with E-state index in [9.17, 15) is 15.0 Å². The van der Waals surface area contributed by atoms with Gasteiger partial charge in [0.25, 0.3) is 0 Å². The Morgan fingerprint density at radius 1 is 0.889 bits per heavy atom. The Morgan fingerprint density at radius 3 is 1.89 bits per heavy atom. The quantitative estimate of drug-likeness (QED) is 0.544. The summed E-state index contributed by atoms with van der Waals surface area (Å²) in [5, 5.41) is 19.4. The fraction of sp³-hybridized carbons (Fsp3) is 0.136. The van der Waals surface area contributed by atoms with Crippen LogP contribution in [0.5, 0.6) is 5.75 Å². The summed E-state index contributed by atoms with van der Waals surface area (Å²) in [6, 6.07) is 25.8. The summed E-state index contributed by atoms with van der Waals surface area (Å²) in [6.07, 6.45) is 0. The van der Waals surface area contributed by atoms with Crippen molar-refractivity contribution in [3.63, 3.8) is 0 Å². The number of carbonyl (C=O) groups is 1. The molecule has 0 bridgehead atoms. The smallest absolute Gasteiger partial charge is 0.321 e. The van der Waals surface area contributed by atoms with E-state index in [4.69, 9.17) is 5.73 Å². The minimum atomic E-state index is -1.03. The third kappa shape index (κ3) is 3.99. The molecule has 3 aromatic carbocycles. The molecule has 0 saturated heterocycles. The lowest BCUT2D eigenvalue weighted by Gasteiger charge is -2.36. The molecule has 3 rings (SSSR count). The van der Waals surface area contributed by atoms with Gasteiger partial charge in [-0.05, 0) is 28.8 Å². The highest BCUT2D eigenvalue weighted by molar-refractivity contribution is 8.00. The van der Waals surface area contributed by atoms with Crippen LogP contribution in [0.1, 0.15) is 16.7 Å². The standard InChI is InChI=1S/C22H21NO3S/c23-20(21(25)26)15-27-22(16-8-3-1-4-9-16,17-10-5-2-6-11-17)18-12-7-13-19(24)14-18/h1-14,20,24H,15,23H2,(H,25,26)/t20-/m0/s1. The molecule has 138 valence electrons. The summed E-state index contributed by atoms with van der Waals surface area (Å²) in [5.74, 6) is -0.658. The maximum atomic E-state index is 11.3. The number of phenolic OH excluding ortho intramolecular Hbond substituents is 1. The Balaban J connectivity index is 2.23. The van der Waals surface area contributed by atoms with Gasteiger partial charge in [-0.3, -0.25) is 4.79 Å². The van der Waals surface area contributed by atoms with Crippen molar-refractivity contribution >= 4 is 17.7 Å². The van der Waals surface area contributed by atoms with Gasteiger partial charge in [0.1, 0.15) is 11.8 Å². The van der Waals surface area contributed by atoms with Gasteiger partial charge < -0.3 is 15.9 Å². The molecule has 0 spiro atoms. The number of aromatic hydroxyl groups is 1. The summed E-state index contributed by atoms with van der Waals surface area (Å²) >= 11 is 1.46. The van der Waals surface area contributed by atoms with Crippen LogP contribution in [-0.2, 0) is 9.54 Å². The van der Waals surface area contributed by atoms with E-state index in [2.05, 4.69) is 0 Å². The Hall–Kier alpha value is -2.76. The molecule has 3 aromatic rings. The lowest BCUT2D eigenvalue weighted by atomic mass is 9.84. The van der Waals surface area contributed by atoms with Gasteiger partial charge in [-0.15, -0.1) is 11.8 Å². The fourth-order valence-corrected chi connectivity index (χ4v) is 4.58. The molecule has 4 N–H and O–H groups in total. The van der Waals surface area contributed by atoms with Crippen LogP contribution in [0.25, 0.3) is 0 Å². The molecule has 1 atom stereocenters. The summed E-state index contributed by atoms with van der Waals surface area (Å²) in [7, 11) is 0. The van der Waals surface area contributed by atoms with E-state index >= 15 is 0 Å². The molecule has 0 aliphatic carbocycles. The van der Waals surface area contributed by atoms with Crippen molar-refractivity contribution in [3.8, 4) is 5.75 Å². The van der Waals surface area contributed by atoms with Crippen molar-refractivity contribution in [2.24, 2.45) is 5.73 Å². The van der Waals surface area contributed by atoms with Crippen LogP contribution in [0.2, 0.25) is 0 Å². The first-order chi connectivity index (χ1) is 13.0. The lowest BCUT2D eigenvalue weighted by molar-refractivity contribution is -0.137. The summed E-state index contributed by atoms with van der Waals surface area (Å²) < 4.78 is -0.700. The SMILES string of the molecule is N[C@@H](CSC(c1ccccc1)(c1ccccc1)c1cccc(O)c1)C(=O)O. The van der Waals surface area contributed by atoms with Crippen molar-refractivity contribution in [2.75, 3.05) is 5.75 Å². The predicted molar refractivity (Wildman–Crippen MR) is 109 cm³/mol. The molecule has 0 aliphatic heterocycles. The van der Waals surface area contributed by atoms with Crippen LogP contribution in [-0.4, -0.2) is 28.0 Å². The topological polar surface area (TPSA) is 83.5 Å². The average molecular weight is 379 g/mol. The van der Waals surface area contributed by atoms with E-state index in [0.717, 1.165) is 16.7 Å². The number of phenols is 1. The van der Waals surface area contributed by atoms with Gasteiger partial charge in [0, 0.05) is 5.75 Å². The summed E-state index contributed by atoms with van der Waals surface area (Å²) in [6.45, 7) is 0. The van der Waals surface area contributed by atoms with Gasteiger partial charge in [0.05, 0.1) is 4.75 Å². The van der Waals surface area contributed by atoms with E-state index in [-0.39, 0.29) is 11.5 Å². The number of aliphatic carboxylic acids is 1. The highest BCUT2D eigenvalue weighted by Crippen LogP contribution is 2.49. The minimum Gasteiger partial charge on any atom is -0.508 e. The first kappa shape index (κ1) is 19.0. The van der Waals surface area contributed by atoms with Gasteiger partial charge in [-0.25, -0.2) is 0 Å². The van der Waals surface area contributed by atoms with Crippen LogP contribution in [0.4, 0.5) is 0 Å². The highest BCUT2D eigenvalue weighted by Gasteiger charge is 2.38. The maximum Gasteiger partial charge on any atom is 0.321 e. The van der Waals surface area contributed by atoms with Gasteiger partial charge >= 0.3 is 5.97 Å². The van der Waals surface area contributed by atoms with Crippen molar-refractivity contribution in [3.05, 3.63) is 102 Å². The first-order valence-electron chi connectivity index (χ1n) is 8.57. The molecule has 0 heterocycles. The number of benzene rings is 3. The van der Waals surface area contributed by atoms with Crippen LogP contribution in [0.15, 0.2) is 84.9 Å². The van der Waals surface area contributed by atoms with E-state index in [0.29, 0.717) is 0 Å². The maximum absolute atomic E-state index is 11.3. The van der Waals surface area contributed by atoms with E-state index in [1.54, 1.807) is 18.2 Å². The molecule has 4 nitrogen and oxygen atoms in total. The monoisotopic (exact) mass is 379 g/mol. The zero-order valence-corrected chi connectivity index (χ0v) is 15.5.